The quantitative estimate of drug-likeness (QED) is 0.943. The van der Waals surface area contributed by atoms with Gasteiger partial charge in [0.2, 0.25) is 0 Å². The molecule has 4 nitrogen and oxygen atoms in total. The molecule has 0 bridgehead atoms. The zero-order chi connectivity index (χ0) is 13.0. The first-order valence-electron chi connectivity index (χ1n) is 5.69. The van der Waals surface area contributed by atoms with Crippen molar-refractivity contribution in [1.29, 1.82) is 0 Å². The minimum atomic E-state index is -0.0441. The van der Waals surface area contributed by atoms with E-state index < -0.39 is 0 Å². The van der Waals surface area contributed by atoms with Crippen LogP contribution in [0.25, 0.3) is 0 Å². The lowest BCUT2D eigenvalue weighted by atomic mass is 10.3. The highest BCUT2D eigenvalue weighted by Gasteiger charge is 2.04. The summed E-state index contributed by atoms with van der Waals surface area (Å²) in [5.74, 6) is 0.720. The van der Waals surface area contributed by atoms with Crippen molar-refractivity contribution in [3.05, 3.63) is 57.2 Å². The molecule has 0 atom stereocenters. The van der Waals surface area contributed by atoms with E-state index in [1.807, 2.05) is 37.3 Å². The molecular weight excluding hydrogens is 294 g/mol. The van der Waals surface area contributed by atoms with Gasteiger partial charge in [0.15, 0.2) is 0 Å². The van der Waals surface area contributed by atoms with Crippen molar-refractivity contribution >= 4 is 21.6 Å². The lowest BCUT2D eigenvalue weighted by Gasteiger charge is -2.10. The third-order valence-electron chi connectivity index (χ3n) is 2.64. The Balaban J connectivity index is 2.03. The fraction of sp³-hybridized carbons (Fsp3) is 0.231. The van der Waals surface area contributed by atoms with E-state index in [1.54, 1.807) is 10.8 Å². The minimum absolute atomic E-state index is 0.0441. The van der Waals surface area contributed by atoms with Crippen molar-refractivity contribution in [1.82, 2.24) is 9.55 Å². The molecule has 1 aromatic carbocycles. The molecule has 1 N–H and O–H groups in total. The molecule has 0 saturated heterocycles. The van der Waals surface area contributed by atoms with E-state index in [-0.39, 0.29) is 5.56 Å². The summed E-state index contributed by atoms with van der Waals surface area (Å²) < 4.78 is 2.15. The second-order valence-electron chi connectivity index (χ2n) is 3.90. The Morgan fingerprint density at radius 3 is 2.78 bits per heavy atom. The predicted molar refractivity (Wildman–Crippen MR) is 75.9 cm³/mol. The topological polar surface area (TPSA) is 46.9 Å². The second kappa shape index (κ2) is 5.82. The first-order chi connectivity index (χ1) is 8.68. The van der Waals surface area contributed by atoms with Crippen LogP contribution in [0.1, 0.15) is 5.82 Å². The minimum Gasteiger partial charge on any atom is -0.383 e. The Bertz CT molecular complexity index is 581. The molecule has 0 aliphatic carbocycles. The number of benzene rings is 1. The van der Waals surface area contributed by atoms with Crippen molar-refractivity contribution < 1.29 is 0 Å². The molecule has 0 spiro atoms. The molecule has 1 aromatic heterocycles. The average molecular weight is 308 g/mol. The highest BCUT2D eigenvalue weighted by molar-refractivity contribution is 9.10. The SMILES string of the molecule is Cc1ncc(Br)c(=O)n1CCNc1ccccc1. The monoisotopic (exact) mass is 307 g/mol. The van der Waals surface area contributed by atoms with Crippen LogP contribution in [0.3, 0.4) is 0 Å². The summed E-state index contributed by atoms with van der Waals surface area (Å²) in [4.78, 5) is 16.0. The normalized spacial score (nSPS) is 10.3. The van der Waals surface area contributed by atoms with Gasteiger partial charge in [-0.2, -0.15) is 0 Å². The number of rotatable bonds is 4. The van der Waals surface area contributed by atoms with Gasteiger partial charge in [0.05, 0.1) is 0 Å². The Labute approximate surface area is 114 Å². The maximum atomic E-state index is 11.9. The predicted octanol–water partition coefficient (Wildman–Crippen LogP) is 2.43. The third-order valence-corrected chi connectivity index (χ3v) is 3.19. The molecule has 18 heavy (non-hydrogen) atoms. The standard InChI is InChI=1S/C13H14BrN3O/c1-10-16-9-12(14)13(18)17(10)8-7-15-11-5-3-2-4-6-11/h2-6,9,15H,7-8H2,1H3. The van der Waals surface area contributed by atoms with E-state index in [1.165, 1.54) is 0 Å². The van der Waals surface area contributed by atoms with Crippen LogP contribution in [0.5, 0.6) is 0 Å². The molecule has 0 radical (unpaired) electrons. The smallest absolute Gasteiger partial charge is 0.267 e. The van der Waals surface area contributed by atoms with Crippen molar-refractivity contribution in [3.8, 4) is 0 Å². The van der Waals surface area contributed by atoms with Gasteiger partial charge in [0.1, 0.15) is 10.3 Å². The zero-order valence-electron chi connectivity index (χ0n) is 10.1. The fourth-order valence-electron chi connectivity index (χ4n) is 1.68. The van der Waals surface area contributed by atoms with Crippen molar-refractivity contribution in [2.45, 2.75) is 13.5 Å². The van der Waals surface area contributed by atoms with Crippen LogP contribution in [-0.4, -0.2) is 16.1 Å². The molecular formula is C13H14BrN3O. The first-order valence-corrected chi connectivity index (χ1v) is 6.48. The van der Waals surface area contributed by atoms with Crippen LogP contribution >= 0.6 is 15.9 Å². The number of aromatic nitrogens is 2. The number of halogens is 1. The lowest BCUT2D eigenvalue weighted by molar-refractivity contribution is 0.649. The fourth-order valence-corrected chi connectivity index (χ4v) is 2.00. The number of hydrogen-bond acceptors (Lipinski definition) is 3. The van der Waals surface area contributed by atoms with E-state index >= 15 is 0 Å². The summed E-state index contributed by atoms with van der Waals surface area (Å²) in [6, 6.07) is 9.91. The summed E-state index contributed by atoms with van der Waals surface area (Å²) in [5, 5.41) is 3.26. The summed E-state index contributed by atoms with van der Waals surface area (Å²) in [6.45, 7) is 3.10. The molecule has 0 aliphatic rings. The number of aryl methyl sites for hydroxylation is 1. The molecule has 0 fully saturated rings. The Hall–Kier alpha value is -1.62. The van der Waals surface area contributed by atoms with E-state index in [9.17, 15) is 4.79 Å². The molecule has 0 aliphatic heterocycles. The molecule has 1 heterocycles. The summed E-state index contributed by atoms with van der Waals surface area (Å²) in [7, 11) is 0. The van der Waals surface area contributed by atoms with Crippen molar-refractivity contribution in [2.24, 2.45) is 0 Å². The van der Waals surface area contributed by atoms with Gasteiger partial charge in [-0.05, 0) is 35.0 Å². The van der Waals surface area contributed by atoms with Gasteiger partial charge < -0.3 is 5.32 Å². The van der Waals surface area contributed by atoms with Crippen molar-refractivity contribution in [3.63, 3.8) is 0 Å². The maximum absolute atomic E-state index is 11.9. The largest absolute Gasteiger partial charge is 0.383 e. The lowest BCUT2D eigenvalue weighted by Crippen LogP contribution is -2.27. The van der Waals surface area contributed by atoms with Crippen LogP contribution in [0.2, 0.25) is 0 Å². The van der Waals surface area contributed by atoms with Crippen LogP contribution < -0.4 is 10.9 Å². The zero-order valence-corrected chi connectivity index (χ0v) is 11.6. The van der Waals surface area contributed by atoms with Gasteiger partial charge in [0, 0.05) is 25.0 Å². The number of para-hydroxylation sites is 1. The van der Waals surface area contributed by atoms with Crippen LogP contribution in [0.15, 0.2) is 45.8 Å². The van der Waals surface area contributed by atoms with Gasteiger partial charge in [-0.3, -0.25) is 9.36 Å². The molecule has 0 unspecified atom stereocenters. The molecule has 2 aromatic rings. The van der Waals surface area contributed by atoms with Gasteiger partial charge >= 0.3 is 0 Å². The number of hydrogen-bond donors (Lipinski definition) is 1. The number of anilines is 1. The van der Waals surface area contributed by atoms with Gasteiger partial charge in [-0.25, -0.2) is 4.98 Å². The van der Waals surface area contributed by atoms with E-state index in [0.29, 0.717) is 17.6 Å². The Morgan fingerprint density at radius 1 is 1.33 bits per heavy atom. The molecule has 0 saturated carbocycles. The van der Waals surface area contributed by atoms with Crippen LogP contribution in [-0.2, 0) is 6.54 Å². The average Bonchev–Trinajstić information content (AvgIpc) is 2.39. The highest BCUT2D eigenvalue weighted by atomic mass is 79.9. The van der Waals surface area contributed by atoms with Gasteiger partial charge in [-0.1, -0.05) is 18.2 Å². The second-order valence-corrected chi connectivity index (χ2v) is 4.76. The van der Waals surface area contributed by atoms with Crippen molar-refractivity contribution in [2.75, 3.05) is 11.9 Å². The molecule has 94 valence electrons. The summed E-state index contributed by atoms with van der Waals surface area (Å²) >= 11 is 3.20. The molecule has 2 rings (SSSR count). The molecule has 0 amide bonds. The summed E-state index contributed by atoms with van der Waals surface area (Å²) in [6.07, 6.45) is 1.54. The highest BCUT2D eigenvalue weighted by Crippen LogP contribution is 2.05. The van der Waals surface area contributed by atoms with Crippen LogP contribution in [0, 0.1) is 6.92 Å². The van der Waals surface area contributed by atoms with E-state index in [0.717, 1.165) is 11.5 Å². The van der Waals surface area contributed by atoms with Gasteiger partial charge in [0.25, 0.3) is 5.56 Å². The molecule has 5 heteroatoms. The van der Waals surface area contributed by atoms with Gasteiger partial charge in [-0.15, -0.1) is 0 Å². The first kappa shape index (κ1) is 12.8. The Kier molecular flexibility index (Phi) is 4.15. The third kappa shape index (κ3) is 2.98. The summed E-state index contributed by atoms with van der Waals surface area (Å²) in [5.41, 5.74) is 1.00. The number of nitrogens with zero attached hydrogens (tertiary/aromatic N) is 2. The Morgan fingerprint density at radius 2 is 2.06 bits per heavy atom. The van der Waals surface area contributed by atoms with E-state index in [2.05, 4.69) is 26.2 Å². The van der Waals surface area contributed by atoms with Crippen LogP contribution in [0.4, 0.5) is 5.69 Å². The number of nitrogens with one attached hydrogen (secondary N) is 1. The van der Waals surface area contributed by atoms with E-state index in [4.69, 9.17) is 0 Å². The maximum Gasteiger partial charge on any atom is 0.267 e.